The zero-order valence-corrected chi connectivity index (χ0v) is 11.8. The fourth-order valence-corrected chi connectivity index (χ4v) is 3.09. The van der Waals surface area contributed by atoms with Gasteiger partial charge in [0.2, 0.25) is 0 Å². The van der Waals surface area contributed by atoms with E-state index in [0.717, 1.165) is 23.4 Å². The lowest BCUT2D eigenvalue weighted by Crippen LogP contribution is -2.37. The molecule has 1 saturated heterocycles. The van der Waals surface area contributed by atoms with Crippen molar-refractivity contribution in [2.75, 3.05) is 13.1 Å². The van der Waals surface area contributed by atoms with Crippen LogP contribution in [-0.2, 0) is 6.54 Å². The lowest BCUT2D eigenvalue weighted by molar-refractivity contribution is 0.131. The number of aromatic nitrogens is 1. The maximum absolute atomic E-state index is 5.83. The van der Waals surface area contributed by atoms with E-state index in [9.17, 15) is 0 Å². The minimum atomic E-state index is 0.0639. The molecule has 2 heterocycles. The third-order valence-electron chi connectivity index (χ3n) is 3.76. The Morgan fingerprint density at radius 2 is 2.29 bits per heavy atom. The van der Waals surface area contributed by atoms with Crippen LogP contribution in [0.5, 0.6) is 0 Å². The topological polar surface area (TPSA) is 42.1 Å². The summed E-state index contributed by atoms with van der Waals surface area (Å²) in [6.45, 7) is 10.1. The van der Waals surface area contributed by atoms with Crippen LogP contribution in [0.4, 0.5) is 0 Å². The van der Waals surface area contributed by atoms with Crippen LogP contribution in [0.2, 0.25) is 0 Å². The van der Waals surface area contributed by atoms with Crippen molar-refractivity contribution in [3.63, 3.8) is 0 Å². The average molecular weight is 253 g/mol. The molecule has 0 bridgehead atoms. The second-order valence-corrected chi connectivity index (χ2v) is 6.33. The van der Waals surface area contributed by atoms with E-state index in [4.69, 9.17) is 5.73 Å². The van der Waals surface area contributed by atoms with E-state index in [1.807, 2.05) is 6.92 Å². The first-order valence-corrected chi connectivity index (χ1v) is 7.36. The normalized spacial score (nSPS) is 28.2. The minimum absolute atomic E-state index is 0.0639. The maximum atomic E-state index is 5.83. The Hall–Kier alpha value is -0.450. The van der Waals surface area contributed by atoms with Gasteiger partial charge in [0.15, 0.2) is 0 Å². The molecule has 17 heavy (non-hydrogen) atoms. The number of nitrogens with zero attached hydrogens (tertiary/aromatic N) is 2. The van der Waals surface area contributed by atoms with E-state index in [-0.39, 0.29) is 6.04 Å². The van der Waals surface area contributed by atoms with Gasteiger partial charge in [-0.3, -0.25) is 4.90 Å². The minimum Gasteiger partial charge on any atom is -0.322 e. The highest BCUT2D eigenvalue weighted by Crippen LogP contribution is 2.24. The molecule has 1 aromatic heterocycles. The van der Waals surface area contributed by atoms with Gasteiger partial charge in [0.05, 0.1) is 11.7 Å². The van der Waals surface area contributed by atoms with Gasteiger partial charge in [-0.05, 0) is 31.7 Å². The molecule has 3 nitrogen and oxygen atoms in total. The van der Waals surface area contributed by atoms with Crippen LogP contribution in [0.25, 0.3) is 0 Å². The van der Waals surface area contributed by atoms with Crippen molar-refractivity contribution in [1.29, 1.82) is 0 Å². The van der Waals surface area contributed by atoms with Crippen LogP contribution in [-0.4, -0.2) is 23.0 Å². The zero-order valence-electron chi connectivity index (χ0n) is 11.0. The Morgan fingerprint density at radius 3 is 2.88 bits per heavy atom. The molecule has 4 heteroatoms. The molecule has 1 fully saturated rings. The van der Waals surface area contributed by atoms with Crippen molar-refractivity contribution >= 4 is 11.3 Å². The van der Waals surface area contributed by atoms with Crippen LogP contribution in [0, 0.1) is 11.8 Å². The summed E-state index contributed by atoms with van der Waals surface area (Å²) in [7, 11) is 0. The highest BCUT2D eigenvalue weighted by Gasteiger charge is 2.23. The van der Waals surface area contributed by atoms with E-state index in [1.54, 1.807) is 11.3 Å². The summed E-state index contributed by atoms with van der Waals surface area (Å²) in [5, 5.41) is 3.21. The first-order chi connectivity index (χ1) is 8.06. The smallest absolute Gasteiger partial charge is 0.109 e. The second-order valence-electron chi connectivity index (χ2n) is 5.44. The number of nitrogens with two attached hydrogens (primary N) is 1. The van der Waals surface area contributed by atoms with Crippen molar-refractivity contribution in [2.24, 2.45) is 17.6 Å². The predicted molar refractivity (Wildman–Crippen MR) is 72.9 cm³/mol. The van der Waals surface area contributed by atoms with Gasteiger partial charge in [-0.2, -0.15) is 0 Å². The SMILES string of the molecule is CC(N)c1nc(CN2CCC(C)C(C)C2)cs1. The summed E-state index contributed by atoms with van der Waals surface area (Å²) in [5.74, 6) is 1.66. The molecular formula is C13H23N3S. The number of thiazole rings is 1. The molecule has 2 N–H and O–H groups in total. The highest BCUT2D eigenvalue weighted by atomic mass is 32.1. The molecule has 0 aliphatic carbocycles. The summed E-state index contributed by atoms with van der Waals surface area (Å²) >= 11 is 1.68. The molecule has 3 unspecified atom stereocenters. The van der Waals surface area contributed by atoms with Gasteiger partial charge in [0.25, 0.3) is 0 Å². The van der Waals surface area contributed by atoms with Gasteiger partial charge in [0, 0.05) is 18.5 Å². The second kappa shape index (κ2) is 5.46. The summed E-state index contributed by atoms with van der Waals surface area (Å²) in [6.07, 6.45) is 1.31. The number of hydrogen-bond acceptors (Lipinski definition) is 4. The van der Waals surface area contributed by atoms with Gasteiger partial charge < -0.3 is 5.73 Å². The van der Waals surface area contributed by atoms with Gasteiger partial charge in [-0.1, -0.05) is 13.8 Å². The average Bonchev–Trinajstić information content (AvgIpc) is 2.72. The quantitative estimate of drug-likeness (QED) is 0.900. The van der Waals surface area contributed by atoms with E-state index < -0.39 is 0 Å². The zero-order chi connectivity index (χ0) is 12.4. The Morgan fingerprint density at radius 1 is 1.53 bits per heavy atom. The monoisotopic (exact) mass is 253 g/mol. The molecule has 0 radical (unpaired) electrons. The van der Waals surface area contributed by atoms with Crippen molar-refractivity contribution < 1.29 is 0 Å². The third kappa shape index (κ3) is 3.27. The van der Waals surface area contributed by atoms with Crippen molar-refractivity contribution in [2.45, 2.75) is 39.8 Å². The van der Waals surface area contributed by atoms with Crippen LogP contribution < -0.4 is 5.73 Å². The van der Waals surface area contributed by atoms with Crippen molar-refractivity contribution in [3.8, 4) is 0 Å². The Kier molecular flexibility index (Phi) is 4.17. The largest absolute Gasteiger partial charge is 0.322 e. The number of piperidine rings is 1. The van der Waals surface area contributed by atoms with Gasteiger partial charge in [0.1, 0.15) is 5.01 Å². The molecule has 3 atom stereocenters. The molecule has 0 aromatic carbocycles. The molecular weight excluding hydrogens is 230 g/mol. The van der Waals surface area contributed by atoms with Crippen LogP contribution in [0.15, 0.2) is 5.38 Å². The molecule has 0 saturated carbocycles. The Labute approximate surface area is 108 Å². The highest BCUT2D eigenvalue weighted by molar-refractivity contribution is 7.09. The summed E-state index contributed by atoms with van der Waals surface area (Å²) in [4.78, 5) is 7.12. The number of hydrogen-bond donors (Lipinski definition) is 1. The van der Waals surface area contributed by atoms with E-state index >= 15 is 0 Å². The van der Waals surface area contributed by atoms with Crippen LogP contribution in [0.3, 0.4) is 0 Å². The first-order valence-electron chi connectivity index (χ1n) is 6.48. The van der Waals surface area contributed by atoms with Gasteiger partial charge >= 0.3 is 0 Å². The van der Waals surface area contributed by atoms with E-state index in [2.05, 4.69) is 29.1 Å². The number of likely N-dealkylation sites (tertiary alicyclic amines) is 1. The molecule has 2 rings (SSSR count). The van der Waals surface area contributed by atoms with Crippen LogP contribution in [0.1, 0.15) is 43.9 Å². The Bertz CT molecular complexity index is 361. The summed E-state index contributed by atoms with van der Waals surface area (Å²) < 4.78 is 0. The Balaban J connectivity index is 1.92. The lowest BCUT2D eigenvalue weighted by atomic mass is 9.89. The molecule has 1 aliphatic heterocycles. The van der Waals surface area contributed by atoms with Crippen molar-refractivity contribution in [3.05, 3.63) is 16.1 Å². The third-order valence-corrected chi connectivity index (χ3v) is 4.86. The first kappa shape index (κ1) is 13.0. The fourth-order valence-electron chi connectivity index (χ4n) is 2.33. The fraction of sp³-hybridized carbons (Fsp3) is 0.769. The number of rotatable bonds is 3. The molecule has 0 amide bonds. The molecule has 1 aliphatic rings. The van der Waals surface area contributed by atoms with Crippen LogP contribution >= 0.6 is 11.3 Å². The lowest BCUT2D eigenvalue weighted by Gasteiger charge is -2.34. The maximum Gasteiger partial charge on any atom is 0.109 e. The summed E-state index contributed by atoms with van der Waals surface area (Å²) in [5.41, 5.74) is 7.02. The standard InChI is InChI=1S/C13H23N3S/c1-9-4-5-16(6-10(9)2)7-12-8-17-13(15-12)11(3)14/h8-11H,4-7,14H2,1-3H3. The van der Waals surface area contributed by atoms with Gasteiger partial charge in [-0.15, -0.1) is 11.3 Å². The van der Waals surface area contributed by atoms with E-state index in [1.165, 1.54) is 25.2 Å². The van der Waals surface area contributed by atoms with E-state index in [0.29, 0.717) is 0 Å². The van der Waals surface area contributed by atoms with Crippen molar-refractivity contribution in [1.82, 2.24) is 9.88 Å². The predicted octanol–water partition coefficient (Wildman–Crippen LogP) is 2.64. The van der Waals surface area contributed by atoms with Gasteiger partial charge in [-0.25, -0.2) is 4.98 Å². The molecule has 1 aromatic rings. The molecule has 0 spiro atoms. The molecule has 96 valence electrons. The summed E-state index contributed by atoms with van der Waals surface area (Å²) in [6, 6.07) is 0.0639.